The van der Waals surface area contributed by atoms with E-state index in [1.165, 1.54) is 11.1 Å². The van der Waals surface area contributed by atoms with E-state index >= 15 is 0 Å². The highest BCUT2D eigenvalue weighted by Gasteiger charge is 2.14. The molecule has 23 heavy (non-hydrogen) atoms. The summed E-state index contributed by atoms with van der Waals surface area (Å²) >= 11 is 0. The summed E-state index contributed by atoms with van der Waals surface area (Å²) < 4.78 is 0. The fraction of sp³-hybridized carbons (Fsp3) is 0.350. The Balaban J connectivity index is 1.94. The van der Waals surface area contributed by atoms with Crippen LogP contribution in [-0.2, 0) is 17.8 Å². The lowest BCUT2D eigenvalue weighted by molar-refractivity contribution is -0.117. The molecule has 2 aromatic rings. The minimum atomic E-state index is 0.0267. The molecule has 0 spiro atoms. The molecular weight excluding hydrogens is 284 g/mol. The number of aryl methyl sites for hydroxylation is 1. The maximum Gasteiger partial charge on any atom is 0.238 e. The summed E-state index contributed by atoms with van der Waals surface area (Å²) in [5.41, 5.74) is 3.35. The Morgan fingerprint density at radius 3 is 2.22 bits per heavy atom. The molecule has 0 aliphatic heterocycles. The van der Waals surface area contributed by atoms with E-state index in [1.807, 2.05) is 30.3 Å². The quantitative estimate of drug-likeness (QED) is 0.835. The summed E-state index contributed by atoms with van der Waals surface area (Å²) in [5, 5.41) is 2.98. The second kappa shape index (κ2) is 8.49. The van der Waals surface area contributed by atoms with Gasteiger partial charge in [0.1, 0.15) is 0 Å². The van der Waals surface area contributed by atoms with E-state index in [2.05, 4.69) is 55.3 Å². The highest BCUT2D eigenvalue weighted by Crippen LogP contribution is 2.12. The molecule has 0 aromatic heterocycles. The van der Waals surface area contributed by atoms with E-state index in [9.17, 15) is 4.79 Å². The van der Waals surface area contributed by atoms with Crippen LogP contribution in [-0.4, -0.2) is 23.4 Å². The fourth-order valence-corrected chi connectivity index (χ4v) is 2.45. The molecule has 3 heteroatoms. The number of amides is 1. The number of benzene rings is 2. The predicted molar refractivity (Wildman–Crippen MR) is 96.4 cm³/mol. The van der Waals surface area contributed by atoms with Crippen LogP contribution in [0.3, 0.4) is 0 Å². The Morgan fingerprint density at radius 2 is 1.65 bits per heavy atom. The topological polar surface area (TPSA) is 32.3 Å². The highest BCUT2D eigenvalue weighted by molar-refractivity contribution is 5.92. The number of carbonyl (C=O) groups excluding carboxylic acids is 1. The van der Waals surface area contributed by atoms with E-state index < -0.39 is 0 Å². The van der Waals surface area contributed by atoms with Gasteiger partial charge in [0, 0.05) is 18.3 Å². The number of carbonyl (C=O) groups is 1. The number of nitrogens with zero attached hydrogens (tertiary/aromatic N) is 1. The molecule has 0 radical (unpaired) electrons. The van der Waals surface area contributed by atoms with Crippen LogP contribution in [0.2, 0.25) is 0 Å². The zero-order valence-corrected chi connectivity index (χ0v) is 14.3. The molecule has 0 aliphatic carbocycles. The van der Waals surface area contributed by atoms with E-state index in [1.54, 1.807) is 0 Å². The van der Waals surface area contributed by atoms with Crippen molar-refractivity contribution in [2.75, 3.05) is 11.9 Å². The van der Waals surface area contributed by atoms with Gasteiger partial charge in [0.15, 0.2) is 0 Å². The lowest BCUT2D eigenvalue weighted by Gasteiger charge is -2.26. The average molecular weight is 310 g/mol. The van der Waals surface area contributed by atoms with Crippen molar-refractivity contribution in [2.24, 2.45) is 0 Å². The van der Waals surface area contributed by atoms with Crippen molar-refractivity contribution >= 4 is 11.6 Å². The number of rotatable bonds is 7. The molecule has 0 heterocycles. The van der Waals surface area contributed by atoms with Gasteiger partial charge in [-0.05, 0) is 43.5 Å². The first kappa shape index (κ1) is 17.2. The smallest absolute Gasteiger partial charge is 0.238 e. The molecule has 0 aliphatic rings. The van der Waals surface area contributed by atoms with Crippen LogP contribution in [0.15, 0.2) is 54.6 Å². The number of anilines is 1. The third-order valence-electron chi connectivity index (χ3n) is 3.95. The molecule has 1 amide bonds. The minimum Gasteiger partial charge on any atom is -0.325 e. The van der Waals surface area contributed by atoms with Crippen molar-refractivity contribution in [3.63, 3.8) is 0 Å². The highest BCUT2D eigenvalue weighted by atomic mass is 16.2. The van der Waals surface area contributed by atoms with Gasteiger partial charge in [-0.3, -0.25) is 9.69 Å². The molecule has 0 fully saturated rings. The van der Waals surface area contributed by atoms with Crippen molar-refractivity contribution in [1.29, 1.82) is 0 Å². The van der Waals surface area contributed by atoms with Crippen molar-refractivity contribution in [3.05, 3.63) is 65.7 Å². The Kier molecular flexibility index (Phi) is 6.36. The molecule has 0 saturated heterocycles. The van der Waals surface area contributed by atoms with Crippen LogP contribution >= 0.6 is 0 Å². The third-order valence-corrected chi connectivity index (χ3v) is 3.95. The maximum absolute atomic E-state index is 12.3. The Hall–Kier alpha value is -2.13. The molecule has 2 aromatic carbocycles. The van der Waals surface area contributed by atoms with Crippen LogP contribution in [0.25, 0.3) is 0 Å². The fourth-order valence-electron chi connectivity index (χ4n) is 2.45. The van der Waals surface area contributed by atoms with E-state index in [4.69, 9.17) is 0 Å². The van der Waals surface area contributed by atoms with Gasteiger partial charge in [0.25, 0.3) is 0 Å². The lowest BCUT2D eigenvalue weighted by Crippen LogP contribution is -2.37. The normalized spacial score (nSPS) is 11.0. The first-order valence-electron chi connectivity index (χ1n) is 8.25. The van der Waals surface area contributed by atoms with Gasteiger partial charge >= 0.3 is 0 Å². The van der Waals surface area contributed by atoms with Crippen LogP contribution in [0.5, 0.6) is 0 Å². The van der Waals surface area contributed by atoms with Gasteiger partial charge in [-0.25, -0.2) is 0 Å². The summed E-state index contributed by atoms with van der Waals surface area (Å²) in [6.07, 6.45) is 1.01. The molecule has 0 bridgehead atoms. The molecule has 0 atom stereocenters. The molecule has 122 valence electrons. The van der Waals surface area contributed by atoms with Crippen LogP contribution in [0, 0.1) is 0 Å². The Morgan fingerprint density at radius 1 is 1.00 bits per heavy atom. The monoisotopic (exact) mass is 310 g/mol. The van der Waals surface area contributed by atoms with E-state index in [0.29, 0.717) is 12.6 Å². The van der Waals surface area contributed by atoms with Gasteiger partial charge in [0.2, 0.25) is 5.91 Å². The summed E-state index contributed by atoms with van der Waals surface area (Å²) in [6, 6.07) is 18.6. The standard InChI is InChI=1S/C20H26N2O/c1-4-17-10-12-19(13-11-17)21-20(23)15-22(16(2)3)14-18-8-6-5-7-9-18/h5-13,16H,4,14-15H2,1-3H3,(H,21,23). The van der Waals surface area contributed by atoms with Crippen LogP contribution in [0.4, 0.5) is 5.69 Å². The Labute approximate surface area is 139 Å². The number of hydrogen-bond donors (Lipinski definition) is 1. The van der Waals surface area contributed by atoms with Gasteiger partial charge in [-0.2, -0.15) is 0 Å². The molecule has 0 unspecified atom stereocenters. The summed E-state index contributed by atoms with van der Waals surface area (Å²) in [6.45, 7) is 7.53. The van der Waals surface area contributed by atoms with Crippen molar-refractivity contribution < 1.29 is 4.79 Å². The van der Waals surface area contributed by atoms with Crippen molar-refractivity contribution in [3.8, 4) is 0 Å². The van der Waals surface area contributed by atoms with Gasteiger partial charge < -0.3 is 5.32 Å². The molecule has 2 rings (SSSR count). The van der Waals surface area contributed by atoms with Gasteiger partial charge in [-0.15, -0.1) is 0 Å². The van der Waals surface area contributed by atoms with Crippen LogP contribution in [0.1, 0.15) is 31.9 Å². The second-order valence-electron chi connectivity index (χ2n) is 6.08. The average Bonchev–Trinajstić information content (AvgIpc) is 2.56. The molecule has 0 saturated carbocycles. The molecular formula is C20H26N2O. The summed E-state index contributed by atoms with van der Waals surface area (Å²) in [4.78, 5) is 14.5. The van der Waals surface area contributed by atoms with E-state index in [0.717, 1.165) is 18.7 Å². The number of hydrogen-bond acceptors (Lipinski definition) is 2. The van der Waals surface area contributed by atoms with E-state index in [-0.39, 0.29) is 5.91 Å². The SMILES string of the molecule is CCc1ccc(NC(=O)CN(Cc2ccccc2)C(C)C)cc1. The first-order valence-corrected chi connectivity index (χ1v) is 8.25. The van der Waals surface area contributed by atoms with Gasteiger partial charge in [-0.1, -0.05) is 49.4 Å². The predicted octanol–water partition coefficient (Wildman–Crippen LogP) is 4.10. The first-order chi connectivity index (χ1) is 11.1. The molecule has 3 nitrogen and oxygen atoms in total. The number of nitrogens with one attached hydrogen (secondary N) is 1. The largest absolute Gasteiger partial charge is 0.325 e. The van der Waals surface area contributed by atoms with Crippen LogP contribution < -0.4 is 5.32 Å². The zero-order valence-electron chi connectivity index (χ0n) is 14.3. The molecule has 1 N–H and O–H groups in total. The Bertz CT molecular complexity index is 605. The zero-order chi connectivity index (χ0) is 16.7. The third kappa shape index (κ3) is 5.53. The minimum absolute atomic E-state index is 0.0267. The lowest BCUT2D eigenvalue weighted by atomic mass is 10.1. The summed E-state index contributed by atoms with van der Waals surface area (Å²) in [7, 11) is 0. The maximum atomic E-state index is 12.3. The second-order valence-corrected chi connectivity index (χ2v) is 6.08. The summed E-state index contributed by atoms with van der Waals surface area (Å²) in [5.74, 6) is 0.0267. The van der Waals surface area contributed by atoms with Crippen molar-refractivity contribution in [2.45, 2.75) is 39.8 Å². The van der Waals surface area contributed by atoms with Crippen molar-refractivity contribution in [1.82, 2.24) is 4.90 Å². The van der Waals surface area contributed by atoms with Gasteiger partial charge in [0.05, 0.1) is 6.54 Å².